The van der Waals surface area contributed by atoms with Crippen molar-refractivity contribution in [1.82, 2.24) is 0 Å². The maximum absolute atomic E-state index is 13.7. The van der Waals surface area contributed by atoms with Crippen molar-refractivity contribution in [3.05, 3.63) is 64.7 Å². The predicted molar refractivity (Wildman–Crippen MR) is 77.8 cm³/mol. The van der Waals surface area contributed by atoms with Gasteiger partial charge < -0.3 is 10.5 Å². The molecular formula is C15H13F2NOS. The largest absolute Gasteiger partial charge is 0.488 e. The molecule has 0 amide bonds. The van der Waals surface area contributed by atoms with E-state index in [0.717, 1.165) is 5.56 Å². The Morgan fingerprint density at radius 1 is 1.25 bits per heavy atom. The van der Waals surface area contributed by atoms with Gasteiger partial charge in [-0.05, 0) is 42.3 Å². The van der Waals surface area contributed by atoms with Crippen LogP contribution in [0.2, 0.25) is 0 Å². The molecule has 20 heavy (non-hydrogen) atoms. The van der Waals surface area contributed by atoms with Crippen LogP contribution in [0.5, 0.6) is 5.75 Å². The molecule has 0 saturated heterocycles. The molecule has 104 valence electrons. The number of ether oxygens (including phenoxy) is 1. The van der Waals surface area contributed by atoms with Crippen molar-refractivity contribution >= 4 is 17.2 Å². The van der Waals surface area contributed by atoms with E-state index in [1.165, 1.54) is 24.3 Å². The van der Waals surface area contributed by atoms with E-state index in [2.05, 4.69) is 0 Å². The van der Waals surface area contributed by atoms with Gasteiger partial charge in [-0.1, -0.05) is 24.4 Å². The van der Waals surface area contributed by atoms with E-state index in [0.29, 0.717) is 5.56 Å². The third kappa shape index (κ3) is 3.11. The van der Waals surface area contributed by atoms with Gasteiger partial charge in [-0.3, -0.25) is 0 Å². The fourth-order valence-corrected chi connectivity index (χ4v) is 2.01. The second kappa shape index (κ2) is 5.96. The summed E-state index contributed by atoms with van der Waals surface area (Å²) in [7, 11) is 0. The lowest BCUT2D eigenvalue weighted by Gasteiger charge is -2.12. The SMILES string of the molecule is Cc1ccc(F)cc1COc1cccc(F)c1C(N)=S. The van der Waals surface area contributed by atoms with E-state index in [4.69, 9.17) is 22.7 Å². The summed E-state index contributed by atoms with van der Waals surface area (Å²) in [5, 5.41) is 0. The number of nitrogens with two attached hydrogens (primary N) is 1. The first-order valence-corrected chi connectivity index (χ1v) is 6.36. The molecule has 0 aliphatic rings. The molecule has 0 bridgehead atoms. The summed E-state index contributed by atoms with van der Waals surface area (Å²) < 4.78 is 32.4. The lowest BCUT2D eigenvalue weighted by atomic mass is 10.1. The van der Waals surface area contributed by atoms with Gasteiger partial charge in [0.1, 0.15) is 29.0 Å². The Labute approximate surface area is 121 Å². The third-order valence-corrected chi connectivity index (χ3v) is 3.12. The van der Waals surface area contributed by atoms with Crippen LogP contribution in [0, 0.1) is 18.6 Å². The Balaban J connectivity index is 2.25. The van der Waals surface area contributed by atoms with Gasteiger partial charge in [0.25, 0.3) is 0 Å². The zero-order valence-electron chi connectivity index (χ0n) is 10.8. The first kappa shape index (κ1) is 14.4. The minimum Gasteiger partial charge on any atom is -0.488 e. The standard InChI is InChI=1S/C15H13F2NOS/c1-9-5-6-11(16)7-10(9)8-19-13-4-2-3-12(17)14(13)15(18)20/h2-7H,8H2,1H3,(H2,18,20). The van der Waals surface area contributed by atoms with Crippen LogP contribution in [0.25, 0.3) is 0 Å². The van der Waals surface area contributed by atoms with Crippen molar-refractivity contribution in [3.63, 3.8) is 0 Å². The van der Waals surface area contributed by atoms with Gasteiger partial charge in [-0.25, -0.2) is 8.78 Å². The molecule has 0 radical (unpaired) electrons. The first-order valence-electron chi connectivity index (χ1n) is 5.95. The molecule has 2 aromatic carbocycles. The average Bonchev–Trinajstić information content (AvgIpc) is 2.39. The number of thiocarbonyl (C=S) groups is 1. The maximum Gasteiger partial charge on any atom is 0.137 e. The van der Waals surface area contributed by atoms with E-state index in [1.54, 1.807) is 12.1 Å². The van der Waals surface area contributed by atoms with Crippen molar-refractivity contribution in [1.29, 1.82) is 0 Å². The number of hydrogen-bond donors (Lipinski definition) is 1. The second-order valence-corrected chi connectivity index (χ2v) is 4.78. The number of halogens is 2. The summed E-state index contributed by atoms with van der Waals surface area (Å²) in [4.78, 5) is -0.0749. The van der Waals surface area contributed by atoms with E-state index in [-0.39, 0.29) is 28.7 Å². The van der Waals surface area contributed by atoms with Crippen LogP contribution in [0.3, 0.4) is 0 Å². The van der Waals surface area contributed by atoms with Crippen LogP contribution in [-0.2, 0) is 6.61 Å². The Morgan fingerprint density at radius 2 is 2.00 bits per heavy atom. The van der Waals surface area contributed by atoms with Crippen molar-refractivity contribution in [3.8, 4) is 5.75 Å². The lowest BCUT2D eigenvalue weighted by molar-refractivity contribution is 0.302. The van der Waals surface area contributed by atoms with E-state index < -0.39 is 5.82 Å². The molecule has 0 aliphatic heterocycles. The minimum absolute atomic E-state index is 0.0663. The summed E-state index contributed by atoms with van der Waals surface area (Å²) in [6.07, 6.45) is 0. The molecule has 0 aliphatic carbocycles. The van der Waals surface area contributed by atoms with Gasteiger partial charge in [0, 0.05) is 0 Å². The molecule has 2 N–H and O–H groups in total. The topological polar surface area (TPSA) is 35.2 Å². The van der Waals surface area contributed by atoms with Crippen molar-refractivity contribution in [2.75, 3.05) is 0 Å². The Kier molecular flexibility index (Phi) is 4.29. The molecule has 0 fully saturated rings. The Bertz CT molecular complexity index is 658. The summed E-state index contributed by atoms with van der Waals surface area (Å²) in [5.41, 5.74) is 7.13. The lowest BCUT2D eigenvalue weighted by Crippen LogP contribution is -2.14. The molecule has 2 nitrogen and oxygen atoms in total. The molecule has 0 heterocycles. The van der Waals surface area contributed by atoms with Crippen LogP contribution in [-0.4, -0.2) is 4.99 Å². The van der Waals surface area contributed by atoms with Crippen molar-refractivity contribution in [2.24, 2.45) is 5.73 Å². The van der Waals surface area contributed by atoms with E-state index in [1.807, 2.05) is 6.92 Å². The zero-order valence-corrected chi connectivity index (χ0v) is 11.6. The van der Waals surface area contributed by atoms with Gasteiger partial charge in [-0.2, -0.15) is 0 Å². The van der Waals surface area contributed by atoms with Gasteiger partial charge in [0.2, 0.25) is 0 Å². The van der Waals surface area contributed by atoms with Gasteiger partial charge in [0.15, 0.2) is 0 Å². The highest BCUT2D eigenvalue weighted by atomic mass is 32.1. The molecule has 0 spiro atoms. The first-order chi connectivity index (χ1) is 9.49. The molecule has 0 saturated carbocycles. The summed E-state index contributed by atoms with van der Waals surface area (Å²) >= 11 is 4.81. The highest BCUT2D eigenvalue weighted by Crippen LogP contribution is 2.23. The minimum atomic E-state index is -0.536. The van der Waals surface area contributed by atoms with E-state index in [9.17, 15) is 8.78 Å². The van der Waals surface area contributed by atoms with Crippen LogP contribution in [0.4, 0.5) is 8.78 Å². The van der Waals surface area contributed by atoms with E-state index >= 15 is 0 Å². The number of aryl methyl sites for hydroxylation is 1. The molecule has 2 rings (SSSR count). The smallest absolute Gasteiger partial charge is 0.137 e. The quantitative estimate of drug-likeness (QED) is 0.877. The van der Waals surface area contributed by atoms with Crippen LogP contribution >= 0.6 is 12.2 Å². The van der Waals surface area contributed by atoms with Crippen LogP contribution in [0.15, 0.2) is 36.4 Å². The van der Waals surface area contributed by atoms with Crippen LogP contribution < -0.4 is 10.5 Å². The molecule has 5 heteroatoms. The number of rotatable bonds is 4. The third-order valence-electron chi connectivity index (χ3n) is 2.92. The van der Waals surface area contributed by atoms with Gasteiger partial charge in [-0.15, -0.1) is 0 Å². The van der Waals surface area contributed by atoms with Crippen molar-refractivity contribution < 1.29 is 13.5 Å². The molecule has 0 unspecified atom stereocenters. The summed E-state index contributed by atoms with van der Waals surface area (Å²) in [6, 6.07) is 8.76. The Morgan fingerprint density at radius 3 is 2.70 bits per heavy atom. The number of benzene rings is 2. The highest BCUT2D eigenvalue weighted by molar-refractivity contribution is 7.80. The molecule has 0 atom stereocenters. The fraction of sp³-hybridized carbons (Fsp3) is 0.133. The molecular weight excluding hydrogens is 280 g/mol. The average molecular weight is 293 g/mol. The van der Waals surface area contributed by atoms with Crippen molar-refractivity contribution in [2.45, 2.75) is 13.5 Å². The van der Waals surface area contributed by atoms with Crippen LogP contribution in [0.1, 0.15) is 16.7 Å². The van der Waals surface area contributed by atoms with Gasteiger partial charge >= 0.3 is 0 Å². The maximum atomic E-state index is 13.7. The Hall–Kier alpha value is -2.01. The number of hydrogen-bond acceptors (Lipinski definition) is 2. The second-order valence-electron chi connectivity index (χ2n) is 4.34. The predicted octanol–water partition coefficient (Wildman–Crippen LogP) is 3.49. The normalized spacial score (nSPS) is 10.3. The monoisotopic (exact) mass is 293 g/mol. The van der Waals surface area contributed by atoms with Gasteiger partial charge in [0.05, 0.1) is 5.56 Å². The molecule has 2 aromatic rings. The highest BCUT2D eigenvalue weighted by Gasteiger charge is 2.12. The zero-order chi connectivity index (χ0) is 14.7. The summed E-state index contributed by atoms with van der Waals surface area (Å²) in [5.74, 6) is -0.630. The summed E-state index contributed by atoms with van der Waals surface area (Å²) in [6.45, 7) is 1.96. The fourth-order valence-electron chi connectivity index (χ4n) is 1.81. The molecule has 0 aromatic heterocycles.